The van der Waals surface area contributed by atoms with Crippen molar-refractivity contribution in [3.8, 4) is 0 Å². The van der Waals surface area contributed by atoms with Crippen LogP contribution in [0, 0.1) is 5.92 Å². The molecular formula is C20H28N4O3. The van der Waals surface area contributed by atoms with Crippen molar-refractivity contribution >= 4 is 17.8 Å². The van der Waals surface area contributed by atoms with Gasteiger partial charge in [-0.1, -0.05) is 37.3 Å². The highest BCUT2D eigenvalue weighted by Crippen LogP contribution is 2.22. The SMILES string of the molecule is CC1CCN(CC(=O)NN2C(=O)N[C@@](C)(CCc3ccccc3)C2=O)CC1. The maximum atomic E-state index is 12.7. The van der Waals surface area contributed by atoms with E-state index in [0.717, 1.165) is 36.5 Å². The number of imide groups is 1. The van der Waals surface area contributed by atoms with E-state index in [1.165, 1.54) is 0 Å². The highest BCUT2D eigenvalue weighted by molar-refractivity contribution is 6.07. The van der Waals surface area contributed by atoms with Gasteiger partial charge < -0.3 is 5.32 Å². The molecule has 1 atom stereocenters. The number of carbonyl (C=O) groups is 3. The van der Waals surface area contributed by atoms with Crippen LogP contribution in [0.15, 0.2) is 30.3 Å². The summed E-state index contributed by atoms with van der Waals surface area (Å²) in [5, 5.41) is 3.56. The monoisotopic (exact) mass is 372 g/mol. The standard InChI is InChI=1S/C20H28N4O3/c1-15-9-12-23(13-10-15)14-17(25)22-24-18(26)20(2,21-19(24)27)11-8-16-6-4-3-5-7-16/h3-7,15H,8-14H2,1-2H3,(H,21,27)(H,22,25)/t20-/m0/s1. The van der Waals surface area contributed by atoms with E-state index in [9.17, 15) is 14.4 Å². The normalized spacial score (nSPS) is 24.1. The lowest BCUT2D eigenvalue weighted by Gasteiger charge is -2.30. The summed E-state index contributed by atoms with van der Waals surface area (Å²) in [6.45, 7) is 5.84. The Morgan fingerprint density at radius 1 is 1.22 bits per heavy atom. The first kappa shape index (κ1) is 19.4. The summed E-state index contributed by atoms with van der Waals surface area (Å²) in [7, 11) is 0. The molecule has 27 heavy (non-hydrogen) atoms. The second kappa shape index (κ2) is 8.08. The van der Waals surface area contributed by atoms with Crippen LogP contribution in [0.1, 0.15) is 38.7 Å². The molecule has 0 aliphatic carbocycles. The van der Waals surface area contributed by atoms with Crippen LogP contribution in [-0.2, 0) is 16.0 Å². The van der Waals surface area contributed by atoms with Crippen molar-refractivity contribution < 1.29 is 14.4 Å². The number of benzene rings is 1. The lowest BCUT2D eigenvalue weighted by molar-refractivity contribution is -0.139. The first-order chi connectivity index (χ1) is 12.9. The zero-order valence-corrected chi connectivity index (χ0v) is 16.0. The minimum atomic E-state index is -1.01. The Balaban J connectivity index is 1.54. The molecule has 146 valence electrons. The van der Waals surface area contributed by atoms with Crippen LogP contribution in [0.2, 0.25) is 0 Å². The summed E-state index contributed by atoms with van der Waals surface area (Å²) in [4.78, 5) is 39.4. The molecule has 2 saturated heterocycles. The Morgan fingerprint density at radius 2 is 1.89 bits per heavy atom. The topological polar surface area (TPSA) is 81.8 Å². The van der Waals surface area contributed by atoms with Crippen molar-refractivity contribution in [2.45, 2.75) is 45.1 Å². The fourth-order valence-corrected chi connectivity index (χ4v) is 3.58. The van der Waals surface area contributed by atoms with E-state index in [0.29, 0.717) is 18.8 Å². The molecule has 2 aliphatic heterocycles. The fraction of sp³-hybridized carbons (Fsp3) is 0.550. The zero-order chi connectivity index (χ0) is 19.4. The number of nitrogens with zero attached hydrogens (tertiary/aromatic N) is 2. The predicted octanol–water partition coefficient (Wildman–Crippen LogP) is 1.69. The van der Waals surface area contributed by atoms with Crippen LogP contribution in [0.5, 0.6) is 0 Å². The van der Waals surface area contributed by atoms with Gasteiger partial charge >= 0.3 is 6.03 Å². The number of hydrogen-bond acceptors (Lipinski definition) is 4. The highest BCUT2D eigenvalue weighted by Gasteiger charge is 2.48. The molecule has 0 radical (unpaired) electrons. The van der Waals surface area contributed by atoms with Crippen LogP contribution in [0.4, 0.5) is 4.79 Å². The number of nitrogens with one attached hydrogen (secondary N) is 2. The number of aryl methyl sites for hydroxylation is 1. The molecule has 7 heteroatoms. The van der Waals surface area contributed by atoms with E-state index in [-0.39, 0.29) is 12.5 Å². The van der Waals surface area contributed by atoms with Gasteiger partial charge in [0, 0.05) is 0 Å². The molecule has 3 rings (SSSR count). The summed E-state index contributed by atoms with van der Waals surface area (Å²) in [5.74, 6) is -0.0648. The fourth-order valence-electron chi connectivity index (χ4n) is 3.58. The highest BCUT2D eigenvalue weighted by atomic mass is 16.2. The second-order valence-corrected chi connectivity index (χ2v) is 7.88. The van der Waals surface area contributed by atoms with Gasteiger partial charge in [-0.25, -0.2) is 4.79 Å². The molecule has 0 aromatic heterocycles. The van der Waals surface area contributed by atoms with Crippen molar-refractivity contribution in [1.29, 1.82) is 0 Å². The summed E-state index contributed by atoms with van der Waals surface area (Å²) in [6, 6.07) is 9.23. The van der Waals surface area contributed by atoms with Crippen molar-refractivity contribution in [3.63, 3.8) is 0 Å². The van der Waals surface area contributed by atoms with E-state index < -0.39 is 17.5 Å². The van der Waals surface area contributed by atoms with Gasteiger partial charge in [-0.15, -0.1) is 0 Å². The molecule has 2 aliphatic rings. The van der Waals surface area contributed by atoms with Gasteiger partial charge in [0.25, 0.3) is 11.8 Å². The number of rotatable bonds is 6. The minimum absolute atomic E-state index is 0.199. The quantitative estimate of drug-likeness (QED) is 0.745. The van der Waals surface area contributed by atoms with E-state index in [2.05, 4.69) is 22.6 Å². The van der Waals surface area contributed by atoms with Gasteiger partial charge in [0.2, 0.25) is 0 Å². The molecule has 2 N–H and O–H groups in total. The second-order valence-electron chi connectivity index (χ2n) is 7.88. The van der Waals surface area contributed by atoms with E-state index in [4.69, 9.17) is 0 Å². The first-order valence-electron chi connectivity index (χ1n) is 9.60. The Bertz CT molecular complexity index is 700. The third-order valence-corrected chi connectivity index (χ3v) is 5.50. The Kier molecular flexibility index (Phi) is 5.79. The average molecular weight is 372 g/mol. The molecule has 0 unspecified atom stereocenters. The smallest absolute Gasteiger partial charge is 0.322 e. The van der Waals surface area contributed by atoms with Crippen molar-refractivity contribution in [2.24, 2.45) is 5.92 Å². The molecule has 2 heterocycles. The van der Waals surface area contributed by atoms with E-state index in [1.807, 2.05) is 30.3 Å². The molecule has 1 aromatic rings. The van der Waals surface area contributed by atoms with Crippen LogP contribution in [-0.4, -0.2) is 52.9 Å². The lowest BCUT2D eigenvalue weighted by atomic mass is 9.93. The molecule has 4 amide bonds. The van der Waals surface area contributed by atoms with Crippen LogP contribution >= 0.6 is 0 Å². The van der Waals surface area contributed by atoms with Crippen molar-refractivity contribution in [1.82, 2.24) is 20.7 Å². The minimum Gasteiger partial charge on any atom is -0.322 e. The maximum Gasteiger partial charge on any atom is 0.344 e. The van der Waals surface area contributed by atoms with E-state index >= 15 is 0 Å². The Labute approximate surface area is 160 Å². The van der Waals surface area contributed by atoms with Gasteiger partial charge in [-0.05, 0) is 57.2 Å². The van der Waals surface area contributed by atoms with Gasteiger partial charge in [0.1, 0.15) is 5.54 Å². The Hall–Kier alpha value is -2.41. The van der Waals surface area contributed by atoms with E-state index in [1.54, 1.807) is 6.92 Å². The van der Waals surface area contributed by atoms with Gasteiger partial charge in [0.05, 0.1) is 6.54 Å². The third kappa shape index (κ3) is 4.66. The number of hydrazine groups is 1. The summed E-state index contributed by atoms with van der Waals surface area (Å²) in [6.07, 6.45) is 3.26. The van der Waals surface area contributed by atoms with Crippen LogP contribution in [0.3, 0.4) is 0 Å². The molecule has 0 spiro atoms. The van der Waals surface area contributed by atoms with Crippen molar-refractivity contribution in [3.05, 3.63) is 35.9 Å². The van der Waals surface area contributed by atoms with Gasteiger partial charge in [0.15, 0.2) is 0 Å². The lowest BCUT2D eigenvalue weighted by Crippen LogP contribution is -2.51. The summed E-state index contributed by atoms with van der Waals surface area (Å²) < 4.78 is 0. The predicted molar refractivity (Wildman–Crippen MR) is 102 cm³/mol. The molecule has 0 saturated carbocycles. The molecule has 1 aromatic carbocycles. The van der Waals surface area contributed by atoms with Crippen molar-refractivity contribution in [2.75, 3.05) is 19.6 Å². The first-order valence-corrected chi connectivity index (χ1v) is 9.60. The number of piperidine rings is 1. The Morgan fingerprint density at radius 3 is 2.56 bits per heavy atom. The number of hydrogen-bond donors (Lipinski definition) is 2. The maximum absolute atomic E-state index is 12.7. The van der Waals surface area contributed by atoms with Gasteiger partial charge in [-0.2, -0.15) is 5.01 Å². The summed E-state index contributed by atoms with van der Waals surface area (Å²) >= 11 is 0. The average Bonchev–Trinajstić information content (AvgIpc) is 2.86. The number of amides is 4. The summed E-state index contributed by atoms with van der Waals surface area (Å²) in [5.41, 5.74) is 2.57. The van der Waals surface area contributed by atoms with Crippen LogP contribution < -0.4 is 10.7 Å². The number of likely N-dealkylation sites (tertiary alicyclic amines) is 1. The zero-order valence-electron chi connectivity index (χ0n) is 16.0. The largest absolute Gasteiger partial charge is 0.344 e. The third-order valence-electron chi connectivity index (χ3n) is 5.50. The molecule has 0 bridgehead atoms. The van der Waals surface area contributed by atoms with Gasteiger partial charge in [-0.3, -0.25) is 19.9 Å². The molecule has 7 nitrogen and oxygen atoms in total. The number of urea groups is 1. The van der Waals surface area contributed by atoms with Crippen LogP contribution in [0.25, 0.3) is 0 Å². The molecule has 2 fully saturated rings. The molecular weight excluding hydrogens is 344 g/mol. The number of carbonyl (C=O) groups excluding carboxylic acids is 3.